The van der Waals surface area contributed by atoms with Crippen molar-refractivity contribution in [2.45, 2.75) is 57.9 Å². The van der Waals surface area contributed by atoms with Crippen LogP contribution in [0, 0.1) is 0 Å². The fourth-order valence-corrected chi connectivity index (χ4v) is 3.26. The summed E-state index contributed by atoms with van der Waals surface area (Å²) >= 11 is 0. The minimum atomic E-state index is 0.599. The Morgan fingerprint density at radius 3 is 3.10 bits per heavy atom. The van der Waals surface area contributed by atoms with Crippen LogP contribution < -0.4 is 11.1 Å². The zero-order valence-corrected chi connectivity index (χ0v) is 12.9. The summed E-state index contributed by atoms with van der Waals surface area (Å²) in [6, 6.07) is 0.599. The summed E-state index contributed by atoms with van der Waals surface area (Å²) in [4.78, 5) is 7.01. The summed E-state index contributed by atoms with van der Waals surface area (Å²) in [5.74, 6) is 0.615. The van der Waals surface area contributed by atoms with Crippen LogP contribution >= 0.6 is 0 Å². The number of nitrogens with zero attached hydrogens (tertiary/aromatic N) is 2. The molecule has 0 aromatic heterocycles. The van der Waals surface area contributed by atoms with Gasteiger partial charge in [0.1, 0.15) is 0 Å². The smallest absolute Gasteiger partial charge is 0.188 e. The van der Waals surface area contributed by atoms with Crippen molar-refractivity contribution in [2.24, 2.45) is 10.7 Å². The standard InChI is InChI=1S/C16H30N4/c1-2-20-12-6-9-15(20)13-19-16(17)18-11-10-14-7-4-3-5-8-14/h7,15H,2-6,8-13H2,1H3,(H3,17,18,19). The van der Waals surface area contributed by atoms with E-state index in [1.165, 1.54) is 45.1 Å². The van der Waals surface area contributed by atoms with Crippen molar-refractivity contribution in [3.05, 3.63) is 11.6 Å². The van der Waals surface area contributed by atoms with E-state index in [0.717, 1.165) is 26.1 Å². The Hall–Kier alpha value is -1.03. The minimum Gasteiger partial charge on any atom is -0.370 e. The quantitative estimate of drug-likeness (QED) is 0.445. The summed E-state index contributed by atoms with van der Waals surface area (Å²) in [6.07, 6.45) is 11.3. The second-order valence-corrected chi connectivity index (χ2v) is 5.94. The Balaban J connectivity index is 1.64. The number of likely N-dealkylation sites (N-methyl/N-ethyl adjacent to an activating group) is 1. The van der Waals surface area contributed by atoms with Crippen LogP contribution in [0.25, 0.3) is 0 Å². The van der Waals surface area contributed by atoms with E-state index in [-0.39, 0.29) is 0 Å². The molecule has 1 aliphatic heterocycles. The van der Waals surface area contributed by atoms with E-state index in [0.29, 0.717) is 12.0 Å². The van der Waals surface area contributed by atoms with Gasteiger partial charge in [0.2, 0.25) is 0 Å². The first-order valence-electron chi connectivity index (χ1n) is 8.25. The van der Waals surface area contributed by atoms with Crippen LogP contribution in [0.1, 0.15) is 51.9 Å². The van der Waals surface area contributed by atoms with Crippen molar-refractivity contribution >= 4 is 5.96 Å². The third-order valence-corrected chi connectivity index (χ3v) is 4.51. The molecule has 114 valence electrons. The molecule has 3 N–H and O–H groups in total. The van der Waals surface area contributed by atoms with Crippen LogP contribution in [-0.4, -0.2) is 43.1 Å². The predicted octanol–water partition coefficient (Wildman–Crippen LogP) is 2.27. The van der Waals surface area contributed by atoms with Gasteiger partial charge in [0.25, 0.3) is 0 Å². The molecule has 20 heavy (non-hydrogen) atoms. The Morgan fingerprint density at radius 1 is 1.45 bits per heavy atom. The number of allylic oxidation sites excluding steroid dienone is 1. The molecular weight excluding hydrogens is 248 g/mol. The Kier molecular flexibility index (Phi) is 6.37. The molecule has 1 saturated heterocycles. The van der Waals surface area contributed by atoms with Crippen LogP contribution in [0.5, 0.6) is 0 Å². The highest BCUT2D eigenvalue weighted by Crippen LogP contribution is 2.19. The average Bonchev–Trinajstić information content (AvgIpc) is 2.94. The zero-order chi connectivity index (χ0) is 14.2. The van der Waals surface area contributed by atoms with Gasteiger partial charge in [-0.15, -0.1) is 0 Å². The van der Waals surface area contributed by atoms with Gasteiger partial charge in [0.15, 0.2) is 5.96 Å². The maximum absolute atomic E-state index is 5.96. The fourth-order valence-electron chi connectivity index (χ4n) is 3.26. The second kappa shape index (κ2) is 8.30. The summed E-state index contributed by atoms with van der Waals surface area (Å²) in [6.45, 7) is 6.33. The molecular formula is C16H30N4. The molecule has 1 fully saturated rings. The molecule has 2 aliphatic rings. The van der Waals surface area contributed by atoms with Crippen LogP contribution in [0.15, 0.2) is 16.6 Å². The number of hydrogen-bond acceptors (Lipinski definition) is 2. The topological polar surface area (TPSA) is 53.6 Å². The Morgan fingerprint density at radius 2 is 2.35 bits per heavy atom. The zero-order valence-electron chi connectivity index (χ0n) is 12.9. The molecule has 0 bridgehead atoms. The molecule has 4 heteroatoms. The number of nitrogens with one attached hydrogen (secondary N) is 1. The van der Waals surface area contributed by atoms with E-state index in [2.05, 4.69) is 28.2 Å². The highest BCUT2D eigenvalue weighted by Gasteiger charge is 2.22. The minimum absolute atomic E-state index is 0.599. The summed E-state index contributed by atoms with van der Waals surface area (Å²) < 4.78 is 0. The van der Waals surface area contributed by atoms with E-state index in [4.69, 9.17) is 5.73 Å². The first-order valence-corrected chi connectivity index (χ1v) is 8.25. The van der Waals surface area contributed by atoms with Gasteiger partial charge < -0.3 is 11.1 Å². The molecule has 0 saturated carbocycles. The molecule has 0 aromatic rings. The molecule has 1 atom stereocenters. The number of hydrogen-bond donors (Lipinski definition) is 2. The molecule has 0 spiro atoms. The molecule has 0 radical (unpaired) electrons. The predicted molar refractivity (Wildman–Crippen MR) is 85.9 cm³/mol. The van der Waals surface area contributed by atoms with Crippen molar-refractivity contribution in [3.8, 4) is 0 Å². The highest BCUT2D eigenvalue weighted by molar-refractivity contribution is 5.77. The van der Waals surface area contributed by atoms with Gasteiger partial charge in [-0.2, -0.15) is 0 Å². The van der Waals surface area contributed by atoms with Gasteiger partial charge >= 0.3 is 0 Å². The monoisotopic (exact) mass is 278 g/mol. The fraction of sp³-hybridized carbons (Fsp3) is 0.812. The van der Waals surface area contributed by atoms with Gasteiger partial charge in [-0.3, -0.25) is 9.89 Å². The molecule has 1 aliphatic carbocycles. The van der Waals surface area contributed by atoms with Crippen molar-refractivity contribution in [2.75, 3.05) is 26.2 Å². The van der Waals surface area contributed by atoms with Crippen LogP contribution in [-0.2, 0) is 0 Å². The number of guanidine groups is 1. The van der Waals surface area contributed by atoms with E-state index in [1.807, 2.05) is 0 Å². The van der Waals surface area contributed by atoms with Crippen LogP contribution in [0.3, 0.4) is 0 Å². The van der Waals surface area contributed by atoms with Crippen molar-refractivity contribution in [1.29, 1.82) is 0 Å². The lowest BCUT2D eigenvalue weighted by Crippen LogP contribution is -2.36. The van der Waals surface area contributed by atoms with Gasteiger partial charge in [0.05, 0.1) is 6.54 Å². The van der Waals surface area contributed by atoms with Gasteiger partial charge in [-0.1, -0.05) is 18.6 Å². The SMILES string of the molecule is CCN1CCCC1CN=C(N)NCCC1=CCCCC1. The molecule has 1 unspecified atom stereocenters. The van der Waals surface area contributed by atoms with Crippen LogP contribution in [0.4, 0.5) is 0 Å². The van der Waals surface area contributed by atoms with E-state index < -0.39 is 0 Å². The largest absolute Gasteiger partial charge is 0.370 e. The lowest BCUT2D eigenvalue weighted by molar-refractivity contribution is 0.273. The van der Waals surface area contributed by atoms with Crippen molar-refractivity contribution in [3.63, 3.8) is 0 Å². The average molecular weight is 278 g/mol. The summed E-state index contributed by atoms with van der Waals surface area (Å²) in [7, 11) is 0. The molecule has 4 nitrogen and oxygen atoms in total. The lowest BCUT2D eigenvalue weighted by atomic mass is 9.97. The van der Waals surface area contributed by atoms with E-state index >= 15 is 0 Å². The summed E-state index contributed by atoms with van der Waals surface area (Å²) in [5, 5.41) is 3.26. The Bertz CT molecular complexity index is 348. The molecule has 2 rings (SSSR count). The van der Waals surface area contributed by atoms with Gasteiger partial charge in [-0.25, -0.2) is 0 Å². The van der Waals surface area contributed by atoms with Crippen LogP contribution in [0.2, 0.25) is 0 Å². The first kappa shape index (κ1) is 15.4. The van der Waals surface area contributed by atoms with Gasteiger partial charge in [-0.05, 0) is 58.0 Å². The van der Waals surface area contributed by atoms with Crippen molar-refractivity contribution < 1.29 is 0 Å². The summed E-state index contributed by atoms with van der Waals surface area (Å²) in [5.41, 5.74) is 7.54. The highest BCUT2D eigenvalue weighted by atomic mass is 15.2. The van der Waals surface area contributed by atoms with E-state index in [1.54, 1.807) is 5.57 Å². The number of rotatable bonds is 6. The lowest BCUT2D eigenvalue weighted by Gasteiger charge is -2.21. The number of likely N-dealkylation sites (tertiary alicyclic amines) is 1. The second-order valence-electron chi connectivity index (χ2n) is 5.94. The molecule has 0 aromatic carbocycles. The number of nitrogens with two attached hydrogens (primary N) is 1. The third kappa shape index (κ3) is 4.82. The maximum Gasteiger partial charge on any atom is 0.188 e. The molecule has 1 heterocycles. The Labute approximate surface area is 123 Å². The molecule has 0 amide bonds. The third-order valence-electron chi connectivity index (χ3n) is 4.51. The first-order chi connectivity index (χ1) is 9.79. The number of aliphatic imine (C=N–C) groups is 1. The maximum atomic E-state index is 5.96. The van der Waals surface area contributed by atoms with E-state index in [9.17, 15) is 0 Å². The van der Waals surface area contributed by atoms with Gasteiger partial charge in [0, 0.05) is 12.6 Å². The van der Waals surface area contributed by atoms with Crippen molar-refractivity contribution in [1.82, 2.24) is 10.2 Å². The normalized spacial score (nSPS) is 24.8.